The largest absolute Gasteiger partial charge is 0.495 e. The molecule has 1 aliphatic carbocycles. The smallest absolute Gasteiger partial charge is 0.167 e. The molecule has 1 aromatic heterocycles. The fourth-order valence-electron chi connectivity index (χ4n) is 2.71. The molecule has 2 rings (SSSR count). The van der Waals surface area contributed by atoms with Crippen LogP contribution >= 0.6 is 0 Å². The summed E-state index contributed by atoms with van der Waals surface area (Å²) in [6, 6.07) is 1.76. The van der Waals surface area contributed by atoms with Gasteiger partial charge in [-0.1, -0.05) is 12.8 Å². The Labute approximate surface area is 108 Å². The Kier molecular flexibility index (Phi) is 4.31. The number of carbonyl (C=O) groups excluding carboxylic acids is 1. The summed E-state index contributed by atoms with van der Waals surface area (Å²) in [7, 11) is 1.58. The second-order valence-electron chi connectivity index (χ2n) is 4.86. The van der Waals surface area contributed by atoms with Crippen LogP contribution in [-0.4, -0.2) is 24.4 Å². The first-order valence-electron chi connectivity index (χ1n) is 6.49. The van der Waals surface area contributed by atoms with Gasteiger partial charge in [0.1, 0.15) is 5.75 Å². The summed E-state index contributed by atoms with van der Waals surface area (Å²) in [5, 5.41) is 0. The minimum atomic E-state index is 0.0534. The van der Waals surface area contributed by atoms with Crippen molar-refractivity contribution in [1.29, 1.82) is 0 Å². The Morgan fingerprint density at radius 2 is 2.22 bits per heavy atom. The number of rotatable bonds is 4. The van der Waals surface area contributed by atoms with Gasteiger partial charge >= 0.3 is 0 Å². The van der Waals surface area contributed by atoms with Gasteiger partial charge in [-0.15, -0.1) is 0 Å². The zero-order valence-corrected chi connectivity index (χ0v) is 10.8. The third-order valence-electron chi connectivity index (χ3n) is 3.78. The first-order chi connectivity index (χ1) is 8.76. The van der Waals surface area contributed by atoms with E-state index in [2.05, 4.69) is 4.98 Å². The minimum absolute atomic E-state index is 0.0534. The summed E-state index contributed by atoms with van der Waals surface area (Å²) in [4.78, 5) is 16.5. The topological polar surface area (TPSA) is 65.2 Å². The van der Waals surface area contributed by atoms with Crippen LogP contribution in [0.2, 0.25) is 0 Å². The SMILES string of the molecule is COc1cncc(C(=O)C2CCCCC2CN)c1. The Hall–Kier alpha value is -1.42. The van der Waals surface area contributed by atoms with Gasteiger partial charge < -0.3 is 10.5 Å². The number of pyridine rings is 1. The molecule has 1 heterocycles. The van der Waals surface area contributed by atoms with Crippen molar-refractivity contribution in [2.75, 3.05) is 13.7 Å². The van der Waals surface area contributed by atoms with Crippen molar-refractivity contribution >= 4 is 5.78 Å². The van der Waals surface area contributed by atoms with E-state index in [9.17, 15) is 4.79 Å². The highest BCUT2D eigenvalue weighted by molar-refractivity contribution is 5.98. The lowest BCUT2D eigenvalue weighted by Crippen LogP contribution is -2.32. The molecule has 0 aromatic carbocycles. The third kappa shape index (κ3) is 2.70. The predicted octanol–water partition coefficient (Wildman–Crippen LogP) is 2.04. The number of ketones is 1. The molecule has 2 atom stereocenters. The summed E-state index contributed by atoms with van der Waals surface area (Å²) in [5.74, 6) is 1.16. The maximum Gasteiger partial charge on any atom is 0.167 e. The lowest BCUT2D eigenvalue weighted by molar-refractivity contribution is 0.0829. The van der Waals surface area contributed by atoms with Gasteiger partial charge in [-0.2, -0.15) is 0 Å². The Morgan fingerprint density at radius 3 is 2.94 bits per heavy atom. The quantitative estimate of drug-likeness (QED) is 0.828. The van der Waals surface area contributed by atoms with Crippen LogP contribution in [0.25, 0.3) is 0 Å². The summed E-state index contributed by atoms with van der Waals surface area (Å²) in [6.45, 7) is 0.591. The maximum atomic E-state index is 12.5. The summed E-state index contributed by atoms with van der Waals surface area (Å²) >= 11 is 0. The van der Waals surface area contributed by atoms with Crippen LogP contribution in [0.1, 0.15) is 36.0 Å². The monoisotopic (exact) mass is 248 g/mol. The average Bonchev–Trinajstić information content (AvgIpc) is 2.46. The van der Waals surface area contributed by atoms with Crippen molar-refractivity contribution in [3.63, 3.8) is 0 Å². The van der Waals surface area contributed by atoms with Crippen LogP contribution < -0.4 is 10.5 Å². The first-order valence-corrected chi connectivity index (χ1v) is 6.49. The van der Waals surface area contributed by atoms with Gasteiger partial charge in [-0.05, 0) is 31.4 Å². The lowest BCUT2D eigenvalue weighted by Gasteiger charge is -2.29. The molecule has 0 saturated heterocycles. The minimum Gasteiger partial charge on any atom is -0.495 e. The third-order valence-corrected chi connectivity index (χ3v) is 3.78. The second-order valence-corrected chi connectivity index (χ2v) is 4.86. The van der Waals surface area contributed by atoms with Gasteiger partial charge in [-0.3, -0.25) is 9.78 Å². The van der Waals surface area contributed by atoms with E-state index in [-0.39, 0.29) is 11.7 Å². The number of nitrogens with two attached hydrogens (primary N) is 1. The van der Waals surface area contributed by atoms with Crippen LogP contribution in [0.5, 0.6) is 5.75 Å². The van der Waals surface area contributed by atoms with E-state index >= 15 is 0 Å². The second kappa shape index (κ2) is 5.96. The summed E-state index contributed by atoms with van der Waals surface area (Å²) in [5.41, 5.74) is 6.41. The van der Waals surface area contributed by atoms with Gasteiger partial charge in [0.05, 0.1) is 13.3 Å². The van der Waals surface area contributed by atoms with Crippen LogP contribution in [0.3, 0.4) is 0 Å². The molecule has 1 aliphatic rings. The van der Waals surface area contributed by atoms with Gasteiger partial charge in [0.2, 0.25) is 0 Å². The van der Waals surface area contributed by atoms with Crippen molar-refractivity contribution in [3.05, 3.63) is 24.0 Å². The van der Waals surface area contributed by atoms with Gasteiger partial charge in [0.15, 0.2) is 5.78 Å². The molecule has 98 valence electrons. The Bertz CT molecular complexity index is 420. The highest BCUT2D eigenvalue weighted by Crippen LogP contribution is 2.32. The molecule has 1 aromatic rings. The van der Waals surface area contributed by atoms with Crippen molar-refractivity contribution in [2.45, 2.75) is 25.7 Å². The zero-order valence-electron chi connectivity index (χ0n) is 10.8. The summed E-state index contributed by atoms with van der Waals surface area (Å²) < 4.78 is 5.11. The number of hydrogen-bond donors (Lipinski definition) is 1. The standard InChI is InChI=1S/C14H20N2O2/c1-18-12-6-11(8-16-9-12)14(17)13-5-3-2-4-10(13)7-15/h6,8-10,13H,2-5,7,15H2,1H3. The molecule has 18 heavy (non-hydrogen) atoms. The zero-order chi connectivity index (χ0) is 13.0. The molecule has 2 N–H and O–H groups in total. The molecule has 1 saturated carbocycles. The highest BCUT2D eigenvalue weighted by atomic mass is 16.5. The molecule has 2 unspecified atom stereocenters. The van der Waals surface area contributed by atoms with E-state index in [0.717, 1.165) is 19.3 Å². The van der Waals surface area contributed by atoms with Gasteiger partial charge in [0, 0.05) is 17.7 Å². The molecule has 4 nitrogen and oxygen atoms in total. The number of carbonyl (C=O) groups is 1. The first kappa shape index (κ1) is 13.0. The van der Waals surface area contributed by atoms with E-state index < -0.39 is 0 Å². The van der Waals surface area contributed by atoms with Crippen LogP contribution in [0.15, 0.2) is 18.5 Å². The molecule has 1 fully saturated rings. The molecular weight excluding hydrogens is 228 g/mol. The molecule has 0 radical (unpaired) electrons. The maximum absolute atomic E-state index is 12.5. The number of nitrogens with zero attached hydrogens (tertiary/aromatic N) is 1. The fraction of sp³-hybridized carbons (Fsp3) is 0.571. The fourth-order valence-corrected chi connectivity index (χ4v) is 2.71. The van der Waals surface area contributed by atoms with E-state index in [1.807, 2.05) is 0 Å². The molecule has 0 amide bonds. The molecule has 0 aliphatic heterocycles. The van der Waals surface area contributed by atoms with Gasteiger partial charge in [0.25, 0.3) is 0 Å². The van der Waals surface area contributed by atoms with Crippen LogP contribution in [0.4, 0.5) is 0 Å². The van der Waals surface area contributed by atoms with Crippen LogP contribution in [-0.2, 0) is 0 Å². The van der Waals surface area contributed by atoms with Crippen molar-refractivity contribution in [1.82, 2.24) is 4.98 Å². The normalized spacial score (nSPS) is 23.7. The van der Waals surface area contributed by atoms with Crippen molar-refractivity contribution in [2.24, 2.45) is 17.6 Å². The predicted molar refractivity (Wildman–Crippen MR) is 69.6 cm³/mol. The van der Waals surface area contributed by atoms with Gasteiger partial charge in [-0.25, -0.2) is 0 Å². The van der Waals surface area contributed by atoms with E-state index in [1.54, 1.807) is 25.6 Å². The lowest BCUT2D eigenvalue weighted by atomic mass is 9.75. The molecular formula is C14H20N2O2. The number of methoxy groups -OCH3 is 1. The van der Waals surface area contributed by atoms with E-state index in [4.69, 9.17) is 10.5 Å². The molecule has 0 spiro atoms. The van der Waals surface area contributed by atoms with E-state index in [0.29, 0.717) is 23.8 Å². The van der Waals surface area contributed by atoms with Crippen LogP contribution in [0, 0.1) is 11.8 Å². The number of hydrogen-bond acceptors (Lipinski definition) is 4. The summed E-state index contributed by atoms with van der Waals surface area (Å²) in [6.07, 6.45) is 7.53. The average molecular weight is 248 g/mol. The Morgan fingerprint density at radius 1 is 1.44 bits per heavy atom. The molecule has 4 heteroatoms. The van der Waals surface area contributed by atoms with Crippen molar-refractivity contribution in [3.8, 4) is 5.75 Å². The van der Waals surface area contributed by atoms with E-state index in [1.165, 1.54) is 6.42 Å². The number of Topliss-reactive ketones (excluding diaryl/α,β-unsaturated/α-hetero) is 1. The number of ether oxygens (including phenoxy) is 1. The Balaban J connectivity index is 2.18. The van der Waals surface area contributed by atoms with Crippen molar-refractivity contribution < 1.29 is 9.53 Å². The molecule has 0 bridgehead atoms. The number of aromatic nitrogens is 1. The highest BCUT2D eigenvalue weighted by Gasteiger charge is 2.30.